The molecule has 0 aliphatic rings. The van der Waals surface area contributed by atoms with E-state index in [1.807, 2.05) is 49.4 Å². The van der Waals surface area contributed by atoms with Crippen molar-refractivity contribution in [2.45, 2.75) is 25.8 Å². The van der Waals surface area contributed by atoms with Crippen molar-refractivity contribution >= 4 is 29.0 Å². The van der Waals surface area contributed by atoms with Crippen LogP contribution < -0.4 is 0 Å². The number of aliphatic carboxylic acids is 1. The highest BCUT2D eigenvalue weighted by Crippen LogP contribution is 2.27. The van der Waals surface area contributed by atoms with Gasteiger partial charge in [0.1, 0.15) is 6.04 Å². The number of carboxylic acids is 1. The first-order valence-corrected chi connectivity index (χ1v) is 7.91. The highest BCUT2D eigenvalue weighted by molar-refractivity contribution is 7.71. The molecule has 0 bridgehead atoms. The number of nitrogens with one attached hydrogen (secondary N) is 1. The minimum atomic E-state index is -0.897. The van der Waals surface area contributed by atoms with Crippen molar-refractivity contribution in [1.82, 2.24) is 14.8 Å². The van der Waals surface area contributed by atoms with Gasteiger partial charge in [0.2, 0.25) is 0 Å². The number of rotatable bonds is 5. The summed E-state index contributed by atoms with van der Waals surface area (Å²) in [7, 11) is 0. The molecule has 0 spiro atoms. The van der Waals surface area contributed by atoms with E-state index >= 15 is 0 Å². The lowest BCUT2D eigenvalue weighted by atomic mass is 10.1. The van der Waals surface area contributed by atoms with Crippen molar-refractivity contribution < 1.29 is 9.90 Å². The number of benzene rings is 2. The van der Waals surface area contributed by atoms with Crippen LogP contribution in [0.1, 0.15) is 25.8 Å². The second-order valence-electron chi connectivity index (χ2n) is 5.43. The van der Waals surface area contributed by atoms with Gasteiger partial charge in [-0.25, -0.2) is 4.79 Å². The van der Waals surface area contributed by atoms with E-state index in [1.54, 1.807) is 4.57 Å². The third-order valence-corrected chi connectivity index (χ3v) is 4.16. The van der Waals surface area contributed by atoms with Gasteiger partial charge in [-0.3, -0.25) is 9.67 Å². The molecule has 1 aromatic heterocycles. The summed E-state index contributed by atoms with van der Waals surface area (Å²) in [5, 5.41) is 18.7. The molecule has 5 nitrogen and oxygen atoms in total. The Balaban J connectivity index is 2.15. The molecule has 0 aliphatic heterocycles. The smallest absolute Gasteiger partial charge is 0.326 e. The fraction of sp³-hybridized carbons (Fsp3) is 0.235. The molecule has 1 unspecified atom stereocenters. The van der Waals surface area contributed by atoms with Crippen LogP contribution >= 0.6 is 12.2 Å². The maximum atomic E-state index is 11.6. The fourth-order valence-electron chi connectivity index (χ4n) is 2.76. The van der Waals surface area contributed by atoms with Crippen molar-refractivity contribution in [3.8, 4) is 11.4 Å². The molecule has 6 heteroatoms. The zero-order chi connectivity index (χ0) is 16.4. The van der Waals surface area contributed by atoms with E-state index in [0.717, 1.165) is 22.8 Å². The molecule has 2 aromatic carbocycles. The van der Waals surface area contributed by atoms with Crippen LogP contribution in [0.5, 0.6) is 0 Å². The maximum absolute atomic E-state index is 11.6. The van der Waals surface area contributed by atoms with Crippen LogP contribution in [0, 0.1) is 4.77 Å². The largest absolute Gasteiger partial charge is 0.480 e. The molecular weight excluding hydrogens is 310 g/mol. The number of carboxylic acid groups (broad SMARTS) is 1. The van der Waals surface area contributed by atoms with Crippen molar-refractivity contribution in [2.75, 3.05) is 0 Å². The second-order valence-corrected chi connectivity index (χ2v) is 5.81. The van der Waals surface area contributed by atoms with E-state index in [4.69, 9.17) is 12.2 Å². The predicted octanol–water partition coefficient (Wildman–Crippen LogP) is 4.19. The molecule has 118 valence electrons. The van der Waals surface area contributed by atoms with Crippen molar-refractivity contribution in [3.05, 3.63) is 47.2 Å². The first-order chi connectivity index (χ1) is 11.1. The zero-order valence-electron chi connectivity index (χ0n) is 12.7. The maximum Gasteiger partial charge on any atom is 0.326 e. The molecule has 1 heterocycles. The summed E-state index contributed by atoms with van der Waals surface area (Å²) >= 11 is 5.26. The first kappa shape index (κ1) is 15.4. The highest BCUT2D eigenvalue weighted by Gasteiger charge is 2.23. The number of carbonyl (C=O) groups is 1. The predicted molar refractivity (Wildman–Crippen MR) is 91.9 cm³/mol. The van der Waals surface area contributed by atoms with Gasteiger partial charge in [-0.1, -0.05) is 49.7 Å². The summed E-state index contributed by atoms with van der Waals surface area (Å²) in [6.45, 7) is 1.95. The van der Waals surface area contributed by atoms with E-state index in [0.29, 0.717) is 17.0 Å². The summed E-state index contributed by atoms with van der Waals surface area (Å²) in [4.78, 5) is 11.6. The van der Waals surface area contributed by atoms with Crippen LogP contribution in [0.2, 0.25) is 0 Å². The zero-order valence-corrected chi connectivity index (χ0v) is 13.5. The Labute approximate surface area is 138 Å². The number of aromatic amines is 1. The van der Waals surface area contributed by atoms with Gasteiger partial charge in [0.15, 0.2) is 10.6 Å². The van der Waals surface area contributed by atoms with Gasteiger partial charge in [-0.05, 0) is 35.5 Å². The molecule has 3 aromatic rings. The van der Waals surface area contributed by atoms with Crippen LogP contribution in [0.25, 0.3) is 22.2 Å². The van der Waals surface area contributed by atoms with Gasteiger partial charge in [0.05, 0.1) is 0 Å². The third-order valence-electron chi connectivity index (χ3n) is 3.87. The van der Waals surface area contributed by atoms with E-state index in [-0.39, 0.29) is 0 Å². The molecule has 0 saturated heterocycles. The van der Waals surface area contributed by atoms with Crippen LogP contribution in [-0.2, 0) is 4.79 Å². The van der Waals surface area contributed by atoms with Crippen LogP contribution in [0.3, 0.4) is 0 Å². The molecule has 0 amide bonds. The Hall–Kier alpha value is -2.47. The number of nitrogens with zero attached hydrogens (tertiary/aromatic N) is 2. The van der Waals surface area contributed by atoms with Gasteiger partial charge in [0, 0.05) is 5.56 Å². The van der Waals surface area contributed by atoms with Gasteiger partial charge in [-0.15, -0.1) is 0 Å². The number of hydrogen-bond acceptors (Lipinski definition) is 3. The Morgan fingerprint density at radius 2 is 2.04 bits per heavy atom. The Morgan fingerprint density at radius 1 is 1.30 bits per heavy atom. The average molecular weight is 327 g/mol. The third kappa shape index (κ3) is 2.90. The summed E-state index contributed by atoms with van der Waals surface area (Å²) in [6, 6.07) is 13.2. The van der Waals surface area contributed by atoms with Crippen LogP contribution in [0.15, 0.2) is 42.5 Å². The second kappa shape index (κ2) is 6.34. The van der Waals surface area contributed by atoms with Crippen LogP contribution in [-0.4, -0.2) is 25.8 Å². The highest BCUT2D eigenvalue weighted by atomic mass is 32.1. The normalized spacial score (nSPS) is 12.4. The summed E-state index contributed by atoms with van der Waals surface area (Å²) in [6.07, 6.45) is 1.25. The van der Waals surface area contributed by atoms with Gasteiger partial charge < -0.3 is 5.11 Å². The van der Waals surface area contributed by atoms with Crippen molar-refractivity contribution in [3.63, 3.8) is 0 Å². The monoisotopic (exact) mass is 327 g/mol. The van der Waals surface area contributed by atoms with Crippen molar-refractivity contribution in [2.24, 2.45) is 0 Å². The summed E-state index contributed by atoms with van der Waals surface area (Å²) in [5.74, 6) is -0.340. The quantitative estimate of drug-likeness (QED) is 0.689. The SMILES string of the molecule is CCCC(C(=O)O)n1c(-c2ccc3ccccc3c2)n[nH]c1=S. The Morgan fingerprint density at radius 3 is 2.74 bits per heavy atom. The topological polar surface area (TPSA) is 70.9 Å². The minimum Gasteiger partial charge on any atom is -0.480 e. The molecule has 0 fully saturated rings. The lowest BCUT2D eigenvalue weighted by Crippen LogP contribution is -2.20. The van der Waals surface area contributed by atoms with E-state index in [9.17, 15) is 9.90 Å². The molecular formula is C17H17N3O2S. The average Bonchev–Trinajstić information content (AvgIpc) is 2.93. The van der Waals surface area contributed by atoms with Crippen molar-refractivity contribution in [1.29, 1.82) is 0 Å². The summed E-state index contributed by atoms with van der Waals surface area (Å²) in [5.41, 5.74) is 0.846. The number of hydrogen-bond donors (Lipinski definition) is 2. The Bertz CT molecular complexity index is 913. The van der Waals surface area contributed by atoms with Crippen LogP contribution in [0.4, 0.5) is 0 Å². The standard InChI is InChI=1S/C17H17N3O2S/c1-2-5-14(16(21)22)20-15(18-19-17(20)23)13-9-8-11-6-3-4-7-12(11)10-13/h3-4,6-10,14H,2,5H2,1H3,(H,19,23)(H,21,22). The molecule has 1 atom stereocenters. The fourth-order valence-corrected chi connectivity index (χ4v) is 3.02. The molecule has 2 N–H and O–H groups in total. The van der Waals surface area contributed by atoms with E-state index < -0.39 is 12.0 Å². The van der Waals surface area contributed by atoms with Gasteiger partial charge >= 0.3 is 5.97 Å². The van der Waals surface area contributed by atoms with Gasteiger partial charge in [-0.2, -0.15) is 5.10 Å². The summed E-state index contributed by atoms with van der Waals surface area (Å²) < 4.78 is 1.93. The first-order valence-electron chi connectivity index (χ1n) is 7.50. The Kier molecular flexibility index (Phi) is 4.25. The van der Waals surface area contributed by atoms with Gasteiger partial charge in [0.25, 0.3) is 0 Å². The van der Waals surface area contributed by atoms with E-state index in [1.165, 1.54) is 0 Å². The minimum absolute atomic E-state index is 0.328. The number of fused-ring (bicyclic) bond motifs is 1. The molecule has 23 heavy (non-hydrogen) atoms. The lowest BCUT2D eigenvalue weighted by molar-refractivity contribution is -0.141. The number of H-pyrrole nitrogens is 1. The molecule has 0 aliphatic carbocycles. The lowest BCUT2D eigenvalue weighted by Gasteiger charge is -2.15. The number of aromatic nitrogens is 3. The molecule has 3 rings (SSSR count). The van der Waals surface area contributed by atoms with E-state index in [2.05, 4.69) is 10.2 Å². The molecule has 0 saturated carbocycles. The molecule has 0 radical (unpaired) electrons.